The zero-order chi connectivity index (χ0) is 14.6. The molecule has 0 atom stereocenters. The minimum absolute atomic E-state index is 0.303. The van der Waals surface area contributed by atoms with E-state index in [-0.39, 0.29) is 11.8 Å². The topological polar surface area (TPSA) is 50.5 Å². The summed E-state index contributed by atoms with van der Waals surface area (Å²) in [4.78, 5) is 26.5. The number of benzene rings is 2. The highest BCUT2D eigenvalue weighted by Gasteiger charge is 2.39. The Balaban J connectivity index is 1.99. The van der Waals surface area contributed by atoms with Crippen molar-refractivity contribution in [1.29, 1.82) is 0 Å². The van der Waals surface area contributed by atoms with Crippen molar-refractivity contribution in [2.24, 2.45) is 0 Å². The Morgan fingerprint density at radius 3 is 2.52 bits per heavy atom. The molecule has 2 heterocycles. The number of furan rings is 1. The molecule has 0 radical (unpaired) electrons. The van der Waals surface area contributed by atoms with Crippen molar-refractivity contribution in [2.75, 3.05) is 4.90 Å². The minimum Gasteiger partial charge on any atom is -0.463 e. The van der Waals surface area contributed by atoms with Gasteiger partial charge in [-0.15, -0.1) is 0 Å². The largest absolute Gasteiger partial charge is 0.463 e. The number of hydrogen-bond acceptors (Lipinski definition) is 3. The zero-order valence-electron chi connectivity index (χ0n) is 11.3. The van der Waals surface area contributed by atoms with Crippen LogP contribution in [-0.2, 0) is 0 Å². The number of aryl methyl sites for hydroxylation is 1. The normalized spacial score (nSPS) is 14.0. The molecule has 2 amide bonds. The molecule has 0 saturated heterocycles. The lowest BCUT2D eigenvalue weighted by atomic mass is 10.0. The van der Waals surface area contributed by atoms with Gasteiger partial charge in [0.25, 0.3) is 11.8 Å². The van der Waals surface area contributed by atoms with Crippen molar-refractivity contribution in [3.05, 3.63) is 65.4 Å². The number of imide groups is 1. The molecule has 1 aromatic heterocycles. The third-order valence-electron chi connectivity index (χ3n) is 3.81. The number of nitrogens with zero attached hydrogens (tertiary/aromatic N) is 1. The fourth-order valence-electron chi connectivity index (χ4n) is 2.82. The van der Waals surface area contributed by atoms with Gasteiger partial charge in [-0.25, -0.2) is 4.90 Å². The van der Waals surface area contributed by atoms with Crippen LogP contribution < -0.4 is 4.90 Å². The van der Waals surface area contributed by atoms with Gasteiger partial charge >= 0.3 is 0 Å². The lowest BCUT2D eigenvalue weighted by molar-refractivity contribution is 0.0926. The second kappa shape index (κ2) is 4.06. The van der Waals surface area contributed by atoms with Gasteiger partial charge < -0.3 is 4.42 Å². The Morgan fingerprint density at radius 1 is 1.00 bits per heavy atom. The molecule has 4 heteroatoms. The summed E-state index contributed by atoms with van der Waals surface area (Å²) in [5.41, 5.74) is 2.75. The maximum absolute atomic E-state index is 12.7. The van der Waals surface area contributed by atoms with Crippen LogP contribution in [0.1, 0.15) is 26.3 Å². The number of hydrogen-bond donors (Lipinski definition) is 0. The highest BCUT2D eigenvalue weighted by atomic mass is 16.3. The Kier molecular flexibility index (Phi) is 2.30. The lowest BCUT2D eigenvalue weighted by Gasteiger charge is -2.13. The number of fused-ring (bicyclic) bond motifs is 3. The summed E-state index contributed by atoms with van der Waals surface area (Å²) in [7, 11) is 0. The van der Waals surface area contributed by atoms with E-state index in [1.165, 1.54) is 4.90 Å². The van der Waals surface area contributed by atoms with Gasteiger partial charge in [0.2, 0.25) is 0 Å². The molecule has 3 aromatic rings. The maximum Gasteiger partial charge on any atom is 0.269 e. The van der Waals surface area contributed by atoms with Gasteiger partial charge in [-0.1, -0.05) is 18.2 Å². The van der Waals surface area contributed by atoms with E-state index in [1.54, 1.807) is 36.6 Å². The summed E-state index contributed by atoms with van der Waals surface area (Å²) < 4.78 is 5.44. The molecule has 0 spiro atoms. The first-order valence-corrected chi connectivity index (χ1v) is 6.63. The van der Waals surface area contributed by atoms with Crippen LogP contribution in [-0.4, -0.2) is 11.8 Å². The second-order valence-electron chi connectivity index (χ2n) is 5.06. The number of para-hydroxylation sites is 1. The van der Waals surface area contributed by atoms with Crippen LogP contribution in [0.25, 0.3) is 11.0 Å². The third-order valence-corrected chi connectivity index (χ3v) is 3.81. The number of carbonyl (C=O) groups excluding carboxylic acids is 2. The van der Waals surface area contributed by atoms with Crippen LogP contribution >= 0.6 is 0 Å². The van der Waals surface area contributed by atoms with E-state index in [0.717, 1.165) is 10.9 Å². The summed E-state index contributed by atoms with van der Waals surface area (Å²) in [5, 5.41) is 0.866. The van der Waals surface area contributed by atoms with E-state index < -0.39 is 0 Å². The molecular formula is C17H11NO3. The Hall–Kier alpha value is -2.88. The molecular weight excluding hydrogens is 266 g/mol. The van der Waals surface area contributed by atoms with E-state index in [4.69, 9.17) is 4.42 Å². The van der Waals surface area contributed by atoms with Crippen molar-refractivity contribution >= 4 is 28.5 Å². The molecule has 1 aliphatic rings. The fraction of sp³-hybridized carbons (Fsp3) is 0.0588. The van der Waals surface area contributed by atoms with Gasteiger partial charge in [-0.05, 0) is 36.8 Å². The van der Waals surface area contributed by atoms with E-state index >= 15 is 0 Å². The zero-order valence-corrected chi connectivity index (χ0v) is 11.3. The first-order valence-electron chi connectivity index (χ1n) is 6.63. The minimum atomic E-state index is -0.332. The van der Waals surface area contributed by atoms with Crippen LogP contribution in [0.2, 0.25) is 0 Å². The molecule has 0 unspecified atom stereocenters. The Labute approximate surface area is 120 Å². The van der Waals surface area contributed by atoms with Gasteiger partial charge in [0.05, 0.1) is 23.1 Å². The smallest absolute Gasteiger partial charge is 0.269 e. The average molecular weight is 277 g/mol. The van der Waals surface area contributed by atoms with Crippen LogP contribution in [0, 0.1) is 6.92 Å². The van der Waals surface area contributed by atoms with E-state index in [0.29, 0.717) is 22.4 Å². The Bertz CT molecular complexity index is 893. The average Bonchev–Trinajstić information content (AvgIpc) is 3.05. The van der Waals surface area contributed by atoms with Gasteiger partial charge in [0.1, 0.15) is 5.58 Å². The molecule has 0 bridgehead atoms. The van der Waals surface area contributed by atoms with Crippen molar-refractivity contribution in [3.8, 4) is 0 Å². The molecule has 0 saturated carbocycles. The van der Waals surface area contributed by atoms with Crippen molar-refractivity contribution in [1.82, 2.24) is 0 Å². The van der Waals surface area contributed by atoms with Gasteiger partial charge in [-0.2, -0.15) is 0 Å². The molecule has 0 N–H and O–H groups in total. The number of anilines is 1. The maximum atomic E-state index is 12.7. The lowest BCUT2D eigenvalue weighted by Crippen LogP contribution is -2.29. The summed E-state index contributed by atoms with van der Waals surface area (Å²) in [6.45, 7) is 1.90. The number of rotatable bonds is 1. The predicted molar refractivity (Wildman–Crippen MR) is 78.5 cm³/mol. The van der Waals surface area contributed by atoms with Crippen LogP contribution in [0.3, 0.4) is 0 Å². The molecule has 0 aliphatic carbocycles. The molecule has 2 aromatic carbocycles. The van der Waals surface area contributed by atoms with Crippen molar-refractivity contribution in [3.63, 3.8) is 0 Å². The molecule has 4 rings (SSSR count). The third kappa shape index (κ3) is 1.50. The standard InChI is InChI=1S/C17H11NO3/c1-10-9-13-14(15-12(10)7-8-21-15)17(20)18(16(13)19)11-5-3-2-4-6-11/h2-9H,1H3. The van der Waals surface area contributed by atoms with Gasteiger partial charge in [-0.3, -0.25) is 9.59 Å². The number of carbonyl (C=O) groups is 2. The second-order valence-corrected chi connectivity index (χ2v) is 5.06. The molecule has 4 nitrogen and oxygen atoms in total. The highest BCUT2D eigenvalue weighted by Crippen LogP contribution is 2.35. The van der Waals surface area contributed by atoms with Gasteiger partial charge in [0.15, 0.2) is 0 Å². The highest BCUT2D eigenvalue weighted by molar-refractivity contribution is 6.37. The molecule has 1 aliphatic heterocycles. The molecule has 102 valence electrons. The van der Waals surface area contributed by atoms with E-state index in [9.17, 15) is 9.59 Å². The van der Waals surface area contributed by atoms with Crippen molar-refractivity contribution < 1.29 is 14.0 Å². The molecule has 0 fully saturated rings. The van der Waals surface area contributed by atoms with E-state index in [1.807, 2.05) is 19.1 Å². The summed E-state index contributed by atoms with van der Waals surface area (Å²) in [5.74, 6) is -0.635. The fourth-order valence-corrected chi connectivity index (χ4v) is 2.82. The van der Waals surface area contributed by atoms with Crippen LogP contribution in [0.4, 0.5) is 5.69 Å². The van der Waals surface area contributed by atoms with Crippen molar-refractivity contribution in [2.45, 2.75) is 6.92 Å². The quantitative estimate of drug-likeness (QED) is 0.639. The summed E-state index contributed by atoms with van der Waals surface area (Å²) >= 11 is 0. The van der Waals surface area contributed by atoms with Crippen LogP contribution in [0.5, 0.6) is 0 Å². The molecule has 21 heavy (non-hydrogen) atoms. The first kappa shape index (κ1) is 11.9. The SMILES string of the molecule is Cc1cc2c(c3occc13)C(=O)N(c1ccccc1)C2=O. The predicted octanol–water partition coefficient (Wildman–Crippen LogP) is 3.54. The summed E-state index contributed by atoms with van der Waals surface area (Å²) in [6.07, 6.45) is 1.54. The van der Waals surface area contributed by atoms with Gasteiger partial charge in [0, 0.05) is 5.39 Å². The summed E-state index contributed by atoms with van der Waals surface area (Å²) in [6, 6.07) is 12.5. The number of amides is 2. The Morgan fingerprint density at radius 2 is 1.76 bits per heavy atom. The van der Waals surface area contributed by atoms with E-state index in [2.05, 4.69) is 0 Å². The monoisotopic (exact) mass is 277 g/mol. The first-order chi connectivity index (χ1) is 10.2. The van der Waals surface area contributed by atoms with Crippen LogP contribution in [0.15, 0.2) is 53.1 Å².